The molecule has 9 heteroatoms. The minimum atomic E-state index is 0. The Labute approximate surface area is 179 Å². The van der Waals surface area contributed by atoms with Crippen LogP contribution >= 0.6 is 0 Å². The quantitative estimate of drug-likeness (QED) is 0.303. The van der Waals surface area contributed by atoms with Gasteiger partial charge in [0, 0.05) is 23.8 Å². The molecule has 4 rings (SSSR count). The van der Waals surface area contributed by atoms with Gasteiger partial charge >= 0.3 is 16.8 Å². The second-order valence-corrected chi connectivity index (χ2v) is 5.31. The fourth-order valence-corrected chi connectivity index (χ4v) is 2.22. The molecular weight excluding hydrogens is 434 g/mol. The predicted octanol–water partition coefficient (Wildman–Crippen LogP) is -2.71. The number of fused-ring (bicyclic) bond motifs is 2. The maximum atomic E-state index is 9.38. The van der Waals surface area contributed by atoms with Crippen molar-refractivity contribution in [3.63, 3.8) is 0 Å². The van der Waals surface area contributed by atoms with E-state index < -0.39 is 0 Å². The number of aromatic hydroxyl groups is 2. The molecular formula is C18H16Cl2CoN4O2. The molecule has 4 heterocycles. The number of rotatable bonds is 0. The molecule has 0 aromatic carbocycles. The van der Waals surface area contributed by atoms with Crippen molar-refractivity contribution < 1.29 is 51.8 Å². The van der Waals surface area contributed by atoms with E-state index in [-0.39, 0.29) is 53.1 Å². The van der Waals surface area contributed by atoms with Crippen molar-refractivity contribution in [3.05, 3.63) is 60.2 Å². The number of aryl methyl sites for hydroxylation is 2. The van der Waals surface area contributed by atoms with Gasteiger partial charge in [0.2, 0.25) is 0 Å². The fraction of sp³-hybridized carbons (Fsp3) is 0.111. The molecule has 0 bridgehead atoms. The van der Waals surface area contributed by atoms with Gasteiger partial charge in [0.15, 0.2) is 11.3 Å². The molecule has 1 radical (unpaired) electrons. The van der Waals surface area contributed by atoms with Gasteiger partial charge in [0.05, 0.1) is 10.8 Å². The maximum Gasteiger partial charge on any atom is 2.00 e. The standard InChI is InChI=1S/2C9H8N2O.2ClH.Co/c2*1-6-2-3-7-8(12)4-5-10-9(7)11-6;;;/h2*2-5H,1H3,(H,10,11,12);2*1H;/q;;;;+2/p-2. The zero-order valence-corrected chi connectivity index (χ0v) is 16.9. The first-order valence-electron chi connectivity index (χ1n) is 7.37. The van der Waals surface area contributed by atoms with Crippen LogP contribution in [-0.4, -0.2) is 30.1 Å². The zero-order valence-electron chi connectivity index (χ0n) is 14.4. The summed E-state index contributed by atoms with van der Waals surface area (Å²) in [5, 5.41) is 20.2. The van der Waals surface area contributed by atoms with Gasteiger partial charge in [-0.25, -0.2) is 19.9 Å². The van der Waals surface area contributed by atoms with Crippen LogP contribution in [0.3, 0.4) is 0 Å². The van der Waals surface area contributed by atoms with E-state index >= 15 is 0 Å². The fourth-order valence-electron chi connectivity index (χ4n) is 2.22. The molecule has 6 nitrogen and oxygen atoms in total. The smallest absolute Gasteiger partial charge is 1.00 e. The van der Waals surface area contributed by atoms with Crippen molar-refractivity contribution in [1.82, 2.24) is 19.9 Å². The first-order chi connectivity index (χ1) is 11.5. The van der Waals surface area contributed by atoms with Crippen LogP contribution in [0.15, 0.2) is 48.8 Å². The third-order valence-corrected chi connectivity index (χ3v) is 3.44. The van der Waals surface area contributed by atoms with E-state index in [1.807, 2.05) is 38.1 Å². The minimum absolute atomic E-state index is 0. The van der Waals surface area contributed by atoms with E-state index in [9.17, 15) is 10.2 Å². The summed E-state index contributed by atoms with van der Waals surface area (Å²) < 4.78 is 0. The molecule has 0 saturated heterocycles. The van der Waals surface area contributed by atoms with Crippen molar-refractivity contribution in [1.29, 1.82) is 0 Å². The van der Waals surface area contributed by atoms with Crippen molar-refractivity contribution in [2.45, 2.75) is 13.8 Å². The topological polar surface area (TPSA) is 92.0 Å². The second-order valence-electron chi connectivity index (χ2n) is 5.31. The van der Waals surface area contributed by atoms with E-state index in [2.05, 4.69) is 19.9 Å². The molecule has 0 aliphatic rings. The molecule has 0 amide bonds. The van der Waals surface area contributed by atoms with Crippen LogP contribution in [0, 0.1) is 13.8 Å². The molecule has 0 atom stereocenters. The van der Waals surface area contributed by atoms with Gasteiger partial charge in [-0.1, -0.05) is 0 Å². The van der Waals surface area contributed by atoms with Gasteiger partial charge in [-0.05, 0) is 50.2 Å². The van der Waals surface area contributed by atoms with Gasteiger partial charge in [0.25, 0.3) is 0 Å². The van der Waals surface area contributed by atoms with Crippen LogP contribution in [0.25, 0.3) is 22.1 Å². The molecule has 0 spiro atoms. The molecule has 0 aliphatic heterocycles. The summed E-state index contributed by atoms with van der Waals surface area (Å²) in [6.07, 6.45) is 3.09. The van der Waals surface area contributed by atoms with Crippen LogP contribution in [0.5, 0.6) is 11.5 Å². The Morgan fingerprint density at radius 1 is 0.630 bits per heavy atom. The predicted molar refractivity (Wildman–Crippen MR) is 91.9 cm³/mol. The van der Waals surface area contributed by atoms with E-state index in [1.54, 1.807) is 24.5 Å². The number of pyridine rings is 4. The van der Waals surface area contributed by atoms with E-state index in [0.29, 0.717) is 22.1 Å². The number of nitrogens with zero attached hydrogens (tertiary/aromatic N) is 4. The van der Waals surface area contributed by atoms with Crippen molar-refractivity contribution in [3.8, 4) is 11.5 Å². The summed E-state index contributed by atoms with van der Waals surface area (Å²) in [6, 6.07) is 10.5. The van der Waals surface area contributed by atoms with Crippen LogP contribution in [-0.2, 0) is 16.8 Å². The Morgan fingerprint density at radius 3 is 1.37 bits per heavy atom. The first kappa shape index (κ1) is 24.8. The number of aromatic nitrogens is 4. The second kappa shape index (κ2) is 10.8. The van der Waals surface area contributed by atoms with Gasteiger partial charge in [-0.15, -0.1) is 0 Å². The molecule has 0 aliphatic carbocycles. The molecule has 2 N–H and O–H groups in total. The van der Waals surface area contributed by atoms with Crippen molar-refractivity contribution in [2.75, 3.05) is 0 Å². The van der Waals surface area contributed by atoms with Crippen LogP contribution < -0.4 is 24.8 Å². The minimum Gasteiger partial charge on any atom is -1.00 e. The summed E-state index contributed by atoms with van der Waals surface area (Å²) in [4.78, 5) is 16.4. The zero-order chi connectivity index (χ0) is 17.1. The Bertz CT molecular complexity index is 951. The van der Waals surface area contributed by atoms with Crippen LogP contribution in [0.4, 0.5) is 0 Å². The van der Waals surface area contributed by atoms with E-state index in [4.69, 9.17) is 0 Å². The van der Waals surface area contributed by atoms with Gasteiger partial charge in [0.1, 0.15) is 11.5 Å². The molecule has 4 aromatic rings. The SMILES string of the molecule is Cc1ccc2c(O)ccnc2n1.Cc1ccc2c(O)ccnc2n1.[Cl-].[Cl-].[Co+2]. The summed E-state index contributed by atoms with van der Waals surface area (Å²) in [6.45, 7) is 3.79. The summed E-state index contributed by atoms with van der Waals surface area (Å²) in [7, 11) is 0. The number of halogens is 2. The number of hydrogen-bond acceptors (Lipinski definition) is 6. The largest absolute Gasteiger partial charge is 2.00 e. The van der Waals surface area contributed by atoms with Crippen molar-refractivity contribution in [2.24, 2.45) is 0 Å². The molecule has 143 valence electrons. The molecule has 4 aromatic heterocycles. The van der Waals surface area contributed by atoms with Crippen molar-refractivity contribution >= 4 is 22.1 Å². The van der Waals surface area contributed by atoms with E-state index in [0.717, 1.165) is 11.4 Å². The van der Waals surface area contributed by atoms with Crippen LogP contribution in [0.1, 0.15) is 11.4 Å². The average molecular weight is 450 g/mol. The Balaban J connectivity index is 0.000000451. The third kappa shape index (κ3) is 5.90. The Kier molecular flexibility index (Phi) is 9.95. The van der Waals surface area contributed by atoms with E-state index in [1.165, 1.54) is 0 Å². The monoisotopic (exact) mass is 449 g/mol. The maximum absolute atomic E-state index is 9.38. The number of hydrogen-bond donors (Lipinski definition) is 2. The average Bonchev–Trinajstić information content (AvgIpc) is 2.55. The Hall–Kier alpha value is -2.19. The molecule has 27 heavy (non-hydrogen) atoms. The van der Waals surface area contributed by atoms with Crippen LogP contribution in [0.2, 0.25) is 0 Å². The molecule has 0 saturated carbocycles. The molecule has 0 fully saturated rings. The van der Waals surface area contributed by atoms with Gasteiger partial charge in [-0.2, -0.15) is 0 Å². The summed E-state index contributed by atoms with van der Waals surface area (Å²) in [5.74, 6) is 0.458. The third-order valence-electron chi connectivity index (χ3n) is 3.44. The van der Waals surface area contributed by atoms with Gasteiger partial charge in [-0.3, -0.25) is 0 Å². The van der Waals surface area contributed by atoms with Gasteiger partial charge < -0.3 is 35.0 Å². The normalized spacial score (nSPS) is 9.26. The first-order valence-corrected chi connectivity index (χ1v) is 7.37. The molecule has 0 unspecified atom stereocenters. The summed E-state index contributed by atoms with van der Waals surface area (Å²) in [5.41, 5.74) is 2.99. The Morgan fingerprint density at radius 2 is 1.00 bits per heavy atom. The summed E-state index contributed by atoms with van der Waals surface area (Å²) >= 11 is 0.